The minimum atomic E-state index is -6.47. The molecule has 51 heavy (non-hydrogen) atoms. The number of ether oxygens (including phenoxy) is 4. The fourth-order valence-electron chi connectivity index (χ4n) is 4.63. The van der Waals surface area contributed by atoms with Crippen LogP contribution in [0.2, 0.25) is 0 Å². The molecule has 0 heterocycles. The number of esters is 2. The summed E-state index contributed by atoms with van der Waals surface area (Å²) in [6.07, 6.45) is -1.75. The second-order valence-corrected chi connectivity index (χ2v) is 11.7. The zero-order chi connectivity index (χ0) is 37.8. The smallest absolute Gasteiger partial charge is 0.459 e. The lowest BCUT2D eigenvalue weighted by molar-refractivity contribution is -0.361. The average Bonchev–Trinajstić information content (AvgIpc) is 3.07. The Morgan fingerprint density at radius 2 is 1.31 bits per heavy atom. The van der Waals surface area contributed by atoms with Crippen molar-refractivity contribution in [1.82, 2.24) is 0 Å². The Morgan fingerprint density at radius 3 is 1.92 bits per heavy atom. The molecule has 15 heteroatoms. The minimum Gasteiger partial charge on any atom is -0.490 e. The van der Waals surface area contributed by atoms with Gasteiger partial charge in [0.2, 0.25) is 5.82 Å². The highest BCUT2D eigenvalue weighted by molar-refractivity contribution is 5.92. The predicted octanol–water partition coefficient (Wildman–Crippen LogP) is 10.4. The van der Waals surface area contributed by atoms with Gasteiger partial charge in [-0.3, -0.25) is 0 Å². The molecular weight excluding hydrogens is 699 g/mol. The summed E-state index contributed by atoms with van der Waals surface area (Å²) in [5.41, 5.74) is 1.12. The Labute approximate surface area is 288 Å². The van der Waals surface area contributed by atoms with Gasteiger partial charge in [-0.15, -0.1) is 0 Å². The second-order valence-electron chi connectivity index (χ2n) is 11.7. The molecule has 0 aliphatic carbocycles. The third kappa shape index (κ3) is 11.4. The summed E-state index contributed by atoms with van der Waals surface area (Å²) in [4.78, 5) is 25.1. The van der Waals surface area contributed by atoms with E-state index < -0.39 is 66.1 Å². The number of alkyl halides is 7. The van der Waals surface area contributed by atoms with E-state index in [1.807, 2.05) is 6.92 Å². The molecule has 0 unspecified atom stereocenters. The monoisotopic (exact) mass is 736 g/mol. The Morgan fingerprint density at radius 1 is 0.706 bits per heavy atom. The number of unbranched alkanes of at least 4 members (excludes halogenated alkanes) is 4. The van der Waals surface area contributed by atoms with Gasteiger partial charge in [0.15, 0.2) is 11.6 Å². The van der Waals surface area contributed by atoms with Crippen molar-refractivity contribution in [3.05, 3.63) is 83.4 Å². The Bertz CT molecular complexity index is 1580. The Kier molecular flexibility index (Phi) is 14.8. The van der Waals surface area contributed by atoms with Gasteiger partial charge in [-0.25, -0.2) is 14.0 Å². The standard InChI is InChI=1S/C36H37F9O6/c1-3-4-5-6-9-23(2)50-32(46)26-12-10-24(11-13-26)25-14-16-27(17-15-25)51-33(47)28-18-19-29(31(38)30(28)37)49-21-8-7-20-48-22-34(39,40)35(41,42)36(43,44)45/h10-19,23H,3-9,20-22H2,1-2H3/t23-/m0/s1. The molecular formula is C36H37F9O6. The topological polar surface area (TPSA) is 71.1 Å². The number of rotatable bonds is 19. The van der Waals surface area contributed by atoms with Crippen LogP contribution in [-0.4, -0.2) is 55.9 Å². The summed E-state index contributed by atoms with van der Waals surface area (Å²) >= 11 is 0. The van der Waals surface area contributed by atoms with E-state index in [0.29, 0.717) is 11.1 Å². The van der Waals surface area contributed by atoms with Gasteiger partial charge in [0, 0.05) is 6.61 Å². The summed E-state index contributed by atoms with van der Waals surface area (Å²) in [5.74, 6) is -17.1. The molecule has 6 nitrogen and oxygen atoms in total. The third-order valence-corrected chi connectivity index (χ3v) is 7.60. The van der Waals surface area contributed by atoms with E-state index in [0.717, 1.165) is 49.8 Å². The highest BCUT2D eigenvalue weighted by atomic mass is 19.4. The molecule has 0 aromatic heterocycles. The van der Waals surface area contributed by atoms with Gasteiger partial charge in [-0.2, -0.15) is 35.1 Å². The van der Waals surface area contributed by atoms with Crippen LogP contribution < -0.4 is 9.47 Å². The number of carbonyl (C=O) groups is 2. The van der Waals surface area contributed by atoms with E-state index in [1.165, 1.54) is 12.1 Å². The van der Waals surface area contributed by atoms with Gasteiger partial charge in [0.25, 0.3) is 0 Å². The highest BCUT2D eigenvalue weighted by Crippen LogP contribution is 2.46. The van der Waals surface area contributed by atoms with Gasteiger partial charge in [0.1, 0.15) is 12.4 Å². The molecule has 3 rings (SSSR count). The quantitative estimate of drug-likeness (QED) is 0.0528. The van der Waals surface area contributed by atoms with Crippen LogP contribution in [-0.2, 0) is 9.47 Å². The maximum absolute atomic E-state index is 14.7. The number of carbonyl (C=O) groups excluding carboxylic acids is 2. The van der Waals surface area contributed by atoms with E-state index in [4.69, 9.17) is 14.2 Å². The molecule has 0 saturated carbocycles. The van der Waals surface area contributed by atoms with E-state index in [1.54, 1.807) is 36.4 Å². The molecule has 280 valence electrons. The SMILES string of the molecule is CCCCCC[C@H](C)OC(=O)c1ccc(-c2ccc(OC(=O)c3ccc(OCCCCOCC(F)(F)C(F)(F)C(F)(F)F)c(F)c3F)cc2)cc1. The molecule has 3 aromatic rings. The average molecular weight is 737 g/mol. The van der Waals surface area contributed by atoms with E-state index in [2.05, 4.69) is 11.7 Å². The van der Waals surface area contributed by atoms with Gasteiger partial charge in [0.05, 0.1) is 23.8 Å². The van der Waals surface area contributed by atoms with Crippen LogP contribution in [0.1, 0.15) is 79.5 Å². The van der Waals surface area contributed by atoms with Crippen LogP contribution in [0.15, 0.2) is 60.7 Å². The Hall–Kier alpha value is -4.27. The van der Waals surface area contributed by atoms with E-state index in [-0.39, 0.29) is 31.3 Å². The summed E-state index contributed by atoms with van der Waals surface area (Å²) in [6.45, 7) is 0.820. The van der Waals surface area contributed by atoms with Crippen molar-refractivity contribution >= 4 is 11.9 Å². The van der Waals surface area contributed by atoms with Crippen molar-refractivity contribution in [1.29, 1.82) is 0 Å². The van der Waals surface area contributed by atoms with Crippen LogP contribution in [0.4, 0.5) is 39.5 Å². The zero-order valence-electron chi connectivity index (χ0n) is 27.8. The molecule has 3 aromatic carbocycles. The lowest BCUT2D eigenvalue weighted by atomic mass is 10.0. The summed E-state index contributed by atoms with van der Waals surface area (Å²) < 4.78 is 138. The van der Waals surface area contributed by atoms with Crippen LogP contribution >= 0.6 is 0 Å². The first-order valence-electron chi connectivity index (χ1n) is 16.1. The number of hydrogen-bond donors (Lipinski definition) is 0. The fraction of sp³-hybridized carbons (Fsp3) is 0.444. The first kappa shape index (κ1) is 41.2. The molecule has 1 atom stereocenters. The maximum atomic E-state index is 14.7. The lowest BCUT2D eigenvalue weighted by Gasteiger charge is -2.27. The number of hydrogen-bond acceptors (Lipinski definition) is 6. The van der Waals surface area contributed by atoms with Gasteiger partial charge >= 0.3 is 30.0 Å². The van der Waals surface area contributed by atoms with Crippen molar-refractivity contribution in [3.63, 3.8) is 0 Å². The van der Waals surface area contributed by atoms with Crippen molar-refractivity contribution in [2.24, 2.45) is 0 Å². The summed E-state index contributed by atoms with van der Waals surface area (Å²) in [7, 11) is 0. The van der Waals surface area contributed by atoms with Gasteiger partial charge in [-0.1, -0.05) is 50.5 Å². The van der Waals surface area contributed by atoms with E-state index in [9.17, 15) is 49.1 Å². The highest BCUT2D eigenvalue weighted by Gasteiger charge is 2.73. The summed E-state index contributed by atoms with van der Waals surface area (Å²) in [5, 5.41) is 0. The zero-order valence-corrected chi connectivity index (χ0v) is 27.8. The third-order valence-electron chi connectivity index (χ3n) is 7.60. The molecule has 0 aliphatic rings. The predicted molar refractivity (Wildman–Crippen MR) is 168 cm³/mol. The summed E-state index contributed by atoms with van der Waals surface area (Å²) in [6, 6.07) is 14.7. The van der Waals surface area contributed by atoms with E-state index >= 15 is 0 Å². The van der Waals surface area contributed by atoms with Crippen molar-refractivity contribution < 1.29 is 68.1 Å². The first-order valence-corrected chi connectivity index (χ1v) is 16.1. The first-order chi connectivity index (χ1) is 24.0. The van der Waals surface area contributed by atoms with Gasteiger partial charge < -0.3 is 18.9 Å². The normalized spacial score (nSPS) is 12.8. The van der Waals surface area contributed by atoms with Crippen molar-refractivity contribution in [2.75, 3.05) is 19.8 Å². The van der Waals surface area contributed by atoms with Crippen molar-refractivity contribution in [2.45, 2.75) is 82.9 Å². The molecule has 0 N–H and O–H groups in total. The maximum Gasteiger partial charge on any atom is 0.459 e. The number of benzene rings is 3. The Balaban J connectivity index is 1.47. The van der Waals surface area contributed by atoms with Crippen LogP contribution in [0.3, 0.4) is 0 Å². The molecule has 0 saturated heterocycles. The van der Waals surface area contributed by atoms with Crippen LogP contribution in [0.5, 0.6) is 11.5 Å². The van der Waals surface area contributed by atoms with Gasteiger partial charge in [-0.05, 0) is 80.1 Å². The van der Waals surface area contributed by atoms with Crippen LogP contribution in [0.25, 0.3) is 11.1 Å². The van der Waals surface area contributed by atoms with Crippen molar-refractivity contribution in [3.8, 4) is 22.6 Å². The lowest BCUT2D eigenvalue weighted by Crippen LogP contribution is -2.54. The molecule has 0 fully saturated rings. The molecule has 0 aliphatic heterocycles. The minimum absolute atomic E-state index is 0.0270. The molecule has 0 bridgehead atoms. The molecule has 0 spiro atoms. The van der Waals surface area contributed by atoms with Crippen LogP contribution in [0, 0.1) is 11.6 Å². The largest absolute Gasteiger partial charge is 0.490 e. The molecule has 0 amide bonds. The second kappa shape index (κ2) is 18.3. The number of halogens is 9. The fourth-order valence-corrected chi connectivity index (χ4v) is 4.63. The molecule has 0 radical (unpaired) electrons.